The van der Waals surface area contributed by atoms with Crippen LogP contribution in [0.1, 0.15) is 35.2 Å². The summed E-state index contributed by atoms with van der Waals surface area (Å²) in [6, 6.07) is 11.3. The fourth-order valence-electron chi connectivity index (χ4n) is 3.08. The first-order chi connectivity index (χ1) is 12.5. The van der Waals surface area contributed by atoms with Gasteiger partial charge in [0.15, 0.2) is 0 Å². The summed E-state index contributed by atoms with van der Waals surface area (Å²) in [6.45, 7) is 7.50. The number of benzene rings is 1. The lowest BCUT2D eigenvalue weighted by Gasteiger charge is -2.35. The second kappa shape index (κ2) is 8.66. The molecule has 2 heterocycles. The van der Waals surface area contributed by atoms with Crippen LogP contribution in [0.15, 0.2) is 41.8 Å². The van der Waals surface area contributed by atoms with Crippen LogP contribution in [0.25, 0.3) is 0 Å². The molecule has 26 heavy (non-hydrogen) atoms. The first-order valence-electron chi connectivity index (χ1n) is 9.03. The molecule has 2 aromatic rings. The van der Waals surface area contributed by atoms with Crippen LogP contribution in [0, 0.1) is 0 Å². The molecule has 0 saturated carbocycles. The Labute approximate surface area is 158 Å². The quantitative estimate of drug-likeness (QED) is 0.844. The summed E-state index contributed by atoms with van der Waals surface area (Å²) in [5.41, 5.74) is 0.688. The Morgan fingerprint density at radius 2 is 1.85 bits per heavy atom. The third-order valence-electron chi connectivity index (χ3n) is 4.44. The molecule has 1 aromatic heterocycles. The van der Waals surface area contributed by atoms with Gasteiger partial charge in [-0.3, -0.25) is 9.69 Å². The predicted molar refractivity (Wildman–Crippen MR) is 104 cm³/mol. The Balaban J connectivity index is 1.50. The molecule has 1 aliphatic rings. The van der Waals surface area contributed by atoms with E-state index in [1.807, 2.05) is 60.5 Å². The van der Waals surface area contributed by atoms with E-state index < -0.39 is 6.10 Å². The Bertz CT molecular complexity index is 692. The molecule has 0 radical (unpaired) electrons. The minimum Gasteiger partial charge on any atom is -0.491 e. The molecule has 1 N–H and O–H groups in total. The summed E-state index contributed by atoms with van der Waals surface area (Å²) in [6.07, 6.45) is -0.333. The van der Waals surface area contributed by atoms with Crippen LogP contribution < -0.4 is 4.74 Å². The Hall–Kier alpha value is -1.89. The van der Waals surface area contributed by atoms with Gasteiger partial charge >= 0.3 is 0 Å². The molecule has 0 bridgehead atoms. The van der Waals surface area contributed by atoms with Crippen LogP contribution in [0.3, 0.4) is 0 Å². The summed E-state index contributed by atoms with van der Waals surface area (Å²) in [7, 11) is 0. The van der Waals surface area contributed by atoms with Gasteiger partial charge in [-0.15, -0.1) is 11.3 Å². The van der Waals surface area contributed by atoms with Crippen molar-refractivity contribution in [2.75, 3.05) is 32.7 Å². The summed E-state index contributed by atoms with van der Waals surface area (Å²) in [5.74, 6) is 0.837. The normalized spacial score (nSPS) is 16.7. The van der Waals surface area contributed by atoms with Gasteiger partial charge in [0.05, 0.1) is 6.10 Å². The number of β-amino-alcohol motifs (C(OH)–C–C–N with tert-alkyl or cyclic N) is 1. The van der Waals surface area contributed by atoms with Crippen LogP contribution in [0.5, 0.6) is 5.75 Å². The minimum atomic E-state index is -0.453. The maximum absolute atomic E-state index is 12.7. The number of carbonyl (C=O) groups excluding carboxylic acids is 1. The molecule has 140 valence electrons. The third kappa shape index (κ3) is 4.84. The lowest BCUT2D eigenvalue weighted by Crippen LogP contribution is -2.49. The van der Waals surface area contributed by atoms with Gasteiger partial charge in [0.25, 0.3) is 5.91 Å². The first kappa shape index (κ1) is 18.9. The van der Waals surface area contributed by atoms with E-state index in [0.29, 0.717) is 25.2 Å². The molecular weight excluding hydrogens is 348 g/mol. The number of piperazine rings is 1. The zero-order valence-electron chi connectivity index (χ0n) is 15.3. The van der Waals surface area contributed by atoms with Gasteiger partial charge in [-0.1, -0.05) is 6.07 Å². The number of thiophene rings is 1. The van der Waals surface area contributed by atoms with E-state index in [9.17, 15) is 9.90 Å². The maximum Gasteiger partial charge on any atom is 0.253 e. The molecule has 1 saturated heterocycles. The fourth-order valence-corrected chi connectivity index (χ4v) is 3.78. The standard InChI is InChI=1S/C20H26N2O3S/c1-15(2)25-17-7-5-16(6-8-17)20(24)22-11-9-21(10-12-22)14-18(23)19-4-3-13-26-19/h3-8,13,15,18,23H,9-12,14H2,1-2H3. The topological polar surface area (TPSA) is 53.0 Å². The zero-order chi connectivity index (χ0) is 18.5. The van der Waals surface area contributed by atoms with E-state index in [-0.39, 0.29) is 12.0 Å². The van der Waals surface area contributed by atoms with Crippen molar-refractivity contribution in [3.8, 4) is 5.75 Å². The van der Waals surface area contributed by atoms with Crippen molar-refractivity contribution < 1.29 is 14.6 Å². The van der Waals surface area contributed by atoms with Gasteiger partial charge in [0, 0.05) is 43.2 Å². The lowest BCUT2D eigenvalue weighted by molar-refractivity contribution is 0.0533. The fraction of sp³-hybridized carbons (Fsp3) is 0.450. The van der Waals surface area contributed by atoms with Crippen molar-refractivity contribution in [2.24, 2.45) is 0 Å². The van der Waals surface area contributed by atoms with Crippen molar-refractivity contribution in [2.45, 2.75) is 26.1 Å². The van der Waals surface area contributed by atoms with Crippen molar-refractivity contribution in [1.29, 1.82) is 0 Å². The highest BCUT2D eigenvalue weighted by Gasteiger charge is 2.24. The number of amides is 1. The number of hydrogen-bond donors (Lipinski definition) is 1. The third-order valence-corrected chi connectivity index (χ3v) is 5.41. The second-order valence-electron chi connectivity index (χ2n) is 6.82. The molecule has 1 unspecified atom stereocenters. The number of aliphatic hydroxyl groups excluding tert-OH is 1. The molecule has 1 aliphatic heterocycles. The highest BCUT2D eigenvalue weighted by molar-refractivity contribution is 7.10. The summed E-state index contributed by atoms with van der Waals surface area (Å²) in [5, 5.41) is 12.3. The van der Waals surface area contributed by atoms with Crippen LogP contribution in [-0.4, -0.2) is 59.6 Å². The number of aliphatic hydroxyl groups is 1. The number of nitrogens with zero attached hydrogens (tertiary/aromatic N) is 2. The molecule has 0 spiro atoms. The van der Waals surface area contributed by atoms with E-state index in [0.717, 1.165) is 23.7 Å². The smallest absolute Gasteiger partial charge is 0.253 e. The van der Waals surface area contributed by atoms with E-state index in [1.165, 1.54) is 0 Å². The highest BCUT2D eigenvalue weighted by atomic mass is 32.1. The Morgan fingerprint density at radius 3 is 2.42 bits per heavy atom. The van der Waals surface area contributed by atoms with Gasteiger partial charge < -0.3 is 14.7 Å². The van der Waals surface area contributed by atoms with Crippen molar-refractivity contribution in [3.63, 3.8) is 0 Å². The lowest BCUT2D eigenvalue weighted by atomic mass is 10.1. The number of hydrogen-bond acceptors (Lipinski definition) is 5. The summed E-state index contributed by atoms with van der Waals surface area (Å²) in [4.78, 5) is 17.8. The predicted octanol–water partition coefficient (Wildman–Crippen LogP) is 3.03. The Kier molecular flexibility index (Phi) is 6.29. The van der Waals surface area contributed by atoms with Gasteiger partial charge in [0.1, 0.15) is 11.9 Å². The van der Waals surface area contributed by atoms with Crippen LogP contribution in [-0.2, 0) is 0 Å². The maximum atomic E-state index is 12.7. The molecule has 0 aliphatic carbocycles. The number of rotatable bonds is 6. The van der Waals surface area contributed by atoms with Gasteiger partial charge in [0.2, 0.25) is 0 Å². The molecule has 1 amide bonds. The molecule has 5 nitrogen and oxygen atoms in total. The largest absolute Gasteiger partial charge is 0.491 e. The van der Waals surface area contributed by atoms with Crippen LogP contribution in [0.2, 0.25) is 0 Å². The van der Waals surface area contributed by atoms with E-state index in [2.05, 4.69) is 4.90 Å². The van der Waals surface area contributed by atoms with Gasteiger partial charge in [-0.2, -0.15) is 0 Å². The Morgan fingerprint density at radius 1 is 1.15 bits per heavy atom. The average Bonchev–Trinajstić information content (AvgIpc) is 3.17. The number of carbonyl (C=O) groups is 1. The highest BCUT2D eigenvalue weighted by Crippen LogP contribution is 2.21. The number of ether oxygens (including phenoxy) is 1. The molecule has 1 fully saturated rings. The first-order valence-corrected chi connectivity index (χ1v) is 9.90. The SMILES string of the molecule is CC(C)Oc1ccc(C(=O)N2CCN(CC(O)c3cccs3)CC2)cc1. The summed E-state index contributed by atoms with van der Waals surface area (Å²) < 4.78 is 5.62. The van der Waals surface area contributed by atoms with Crippen LogP contribution in [0.4, 0.5) is 0 Å². The zero-order valence-corrected chi connectivity index (χ0v) is 16.1. The average molecular weight is 375 g/mol. The molecular formula is C20H26N2O3S. The van der Waals surface area contributed by atoms with E-state index in [1.54, 1.807) is 11.3 Å². The molecule has 1 aromatic carbocycles. The van der Waals surface area contributed by atoms with Crippen molar-refractivity contribution in [1.82, 2.24) is 9.80 Å². The van der Waals surface area contributed by atoms with Crippen molar-refractivity contribution in [3.05, 3.63) is 52.2 Å². The summed E-state index contributed by atoms with van der Waals surface area (Å²) >= 11 is 1.58. The van der Waals surface area contributed by atoms with Crippen LogP contribution >= 0.6 is 11.3 Å². The molecule has 1 atom stereocenters. The van der Waals surface area contributed by atoms with Gasteiger partial charge in [-0.05, 0) is 49.6 Å². The van der Waals surface area contributed by atoms with E-state index >= 15 is 0 Å². The van der Waals surface area contributed by atoms with E-state index in [4.69, 9.17) is 4.74 Å². The molecule has 6 heteroatoms. The molecule has 3 rings (SSSR count). The second-order valence-corrected chi connectivity index (χ2v) is 7.79. The minimum absolute atomic E-state index is 0.0551. The van der Waals surface area contributed by atoms with Gasteiger partial charge in [-0.25, -0.2) is 0 Å². The monoisotopic (exact) mass is 374 g/mol. The van der Waals surface area contributed by atoms with Crippen molar-refractivity contribution >= 4 is 17.2 Å².